The van der Waals surface area contributed by atoms with E-state index >= 15 is 0 Å². The second-order valence-corrected chi connectivity index (χ2v) is 5.97. The van der Waals surface area contributed by atoms with E-state index in [0.29, 0.717) is 17.3 Å². The number of rotatable bonds is 5. The number of amides is 1. The first-order chi connectivity index (χ1) is 10.5. The smallest absolute Gasteiger partial charge is 0.269 e. The minimum Gasteiger partial charge on any atom is -0.324 e. The fourth-order valence-corrected chi connectivity index (χ4v) is 2.84. The Balaban J connectivity index is 1.94. The molecule has 0 aromatic heterocycles. The maximum absolute atomic E-state index is 12.2. The largest absolute Gasteiger partial charge is 0.324 e. The lowest BCUT2D eigenvalue weighted by Crippen LogP contribution is -2.44. The van der Waals surface area contributed by atoms with E-state index in [9.17, 15) is 14.9 Å². The van der Waals surface area contributed by atoms with E-state index in [-0.39, 0.29) is 17.6 Å². The van der Waals surface area contributed by atoms with Gasteiger partial charge in [-0.25, -0.2) is 0 Å². The molecule has 1 aromatic rings. The number of non-ortho nitro benzene ring substituents is 1. The van der Waals surface area contributed by atoms with E-state index < -0.39 is 4.92 Å². The van der Waals surface area contributed by atoms with Crippen LogP contribution in [-0.4, -0.2) is 22.9 Å². The van der Waals surface area contributed by atoms with Gasteiger partial charge in [0.2, 0.25) is 5.91 Å². The molecule has 1 aliphatic carbocycles. The van der Waals surface area contributed by atoms with Crippen molar-refractivity contribution >= 4 is 17.3 Å². The van der Waals surface area contributed by atoms with Crippen LogP contribution in [0.2, 0.25) is 0 Å². The molecule has 1 saturated carbocycles. The average molecular weight is 305 g/mol. The second-order valence-electron chi connectivity index (χ2n) is 5.97. The molecule has 1 amide bonds. The molecule has 22 heavy (non-hydrogen) atoms. The highest BCUT2D eigenvalue weighted by Crippen LogP contribution is 2.22. The van der Waals surface area contributed by atoms with Gasteiger partial charge in [0.05, 0.1) is 11.0 Å². The van der Waals surface area contributed by atoms with Gasteiger partial charge in [-0.15, -0.1) is 0 Å². The number of carbonyl (C=O) groups excluding carboxylic acids is 1. The summed E-state index contributed by atoms with van der Waals surface area (Å²) in [5, 5.41) is 16.9. The first-order valence-electron chi connectivity index (χ1n) is 7.79. The molecule has 1 aliphatic rings. The number of carbonyl (C=O) groups is 1. The predicted octanol–water partition coefficient (Wildman–Crippen LogP) is 3.15. The van der Waals surface area contributed by atoms with E-state index in [4.69, 9.17) is 0 Å². The van der Waals surface area contributed by atoms with Gasteiger partial charge in [0, 0.05) is 23.9 Å². The molecule has 0 saturated heterocycles. The molecule has 6 nitrogen and oxygen atoms in total. The minimum atomic E-state index is -0.439. The third-order valence-corrected chi connectivity index (χ3v) is 4.16. The van der Waals surface area contributed by atoms with Crippen molar-refractivity contribution in [2.75, 3.05) is 5.32 Å². The summed E-state index contributed by atoms with van der Waals surface area (Å²) >= 11 is 0. The molecule has 1 atom stereocenters. The summed E-state index contributed by atoms with van der Waals surface area (Å²) in [5.41, 5.74) is 1.34. The predicted molar refractivity (Wildman–Crippen MR) is 85.9 cm³/mol. The molecule has 0 heterocycles. The average Bonchev–Trinajstić information content (AvgIpc) is 2.50. The van der Waals surface area contributed by atoms with Crippen molar-refractivity contribution in [2.45, 2.75) is 58.0 Å². The third kappa shape index (κ3) is 4.27. The van der Waals surface area contributed by atoms with Gasteiger partial charge in [-0.05, 0) is 38.3 Å². The van der Waals surface area contributed by atoms with E-state index in [2.05, 4.69) is 10.6 Å². The molecular formula is C16H23N3O3. The number of nitrogens with zero attached hydrogens (tertiary/aromatic N) is 1. The van der Waals surface area contributed by atoms with Crippen LogP contribution in [0.5, 0.6) is 0 Å². The van der Waals surface area contributed by atoms with Crippen LogP contribution in [0.1, 0.15) is 44.6 Å². The van der Waals surface area contributed by atoms with Crippen molar-refractivity contribution in [3.63, 3.8) is 0 Å². The molecule has 1 fully saturated rings. The lowest BCUT2D eigenvalue weighted by Gasteiger charge is -2.26. The highest BCUT2D eigenvalue weighted by atomic mass is 16.6. The van der Waals surface area contributed by atoms with Crippen molar-refractivity contribution in [3.05, 3.63) is 33.9 Å². The van der Waals surface area contributed by atoms with Gasteiger partial charge in [0.15, 0.2) is 0 Å². The summed E-state index contributed by atoms with van der Waals surface area (Å²) in [6.45, 7) is 3.60. The van der Waals surface area contributed by atoms with Crippen molar-refractivity contribution in [1.82, 2.24) is 5.32 Å². The molecule has 6 heteroatoms. The summed E-state index contributed by atoms with van der Waals surface area (Å²) < 4.78 is 0. The Hall–Kier alpha value is -1.95. The van der Waals surface area contributed by atoms with Crippen LogP contribution < -0.4 is 10.6 Å². The maximum atomic E-state index is 12.2. The number of nitro benzene ring substituents is 1. The van der Waals surface area contributed by atoms with Gasteiger partial charge in [0.25, 0.3) is 5.69 Å². The molecule has 0 unspecified atom stereocenters. The lowest BCUT2D eigenvalue weighted by molar-refractivity contribution is -0.384. The molecule has 2 rings (SSSR count). The number of aryl methyl sites for hydroxylation is 1. The highest BCUT2D eigenvalue weighted by Gasteiger charge is 2.20. The summed E-state index contributed by atoms with van der Waals surface area (Å²) in [6, 6.07) is 4.58. The quantitative estimate of drug-likeness (QED) is 0.646. The van der Waals surface area contributed by atoms with Crippen LogP contribution in [0.4, 0.5) is 11.4 Å². The second kappa shape index (κ2) is 7.35. The monoisotopic (exact) mass is 305 g/mol. The molecule has 0 aliphatic heterocycles. The van der Waals surface area contributed by atoms with Crippen LogP contribution >= 0.6 is 0 Å². The van der Waals surface area contributed by atoms with Crippen LogP contribution in [0.3, 0.4) is 0 Å². The van der Waals surface area contributed by atoms with Crippen molar-refractivity contribution in [1.29, 1.82) is 0 Å². The SMILES string of the molecule is Cc1cc([N+](=O)[O-])ccc1NC(=O)[C@@H](C)NC1CCCCC1. The number of hydrogen-bond acceptors (Lipinski definition) is 4. The summed E-state index contributed by atoms with van der Waals surface area (Å²) in [7, 11) is 0. The Labute approximate surface area is 130 Å². The number of nitro groups is 1. The van der Waals surface area contributed by atoms with E-state index in [1.807, 2.05) is 6.92 Å². The normalized spacial score (nSPS) is 17.0. The van der Waals surface area contributed by atoms with E-state index in [0.717, 1.165) is 12.8 Å². The van der Waals surface area contributed by atoms with Crippen molar-refractivity contribution < 1.29 is 9.72 Å². The topological polar surface area (TPSA) is 84.3 Å². The van der Waals surface area contributed by atoms with Gasteiger partial charge in [0.1, 0.15) is 0 Å². The highest BCUT2D eigenvalue weighted by molar-refractivity contribution is 5.95. The Kier molecular flexibility index (Phi) is 5.49. The molecule has 0 radical (unpaired) electrons. The summed E-state index contributed by atoms with van der Waals surface area (Å²) in [5.74, 6) is -0.109. The van der Waals surface area contributed by atoms with E-state index in [1.54, 1.807) is 13.0 Å². The zero-order chi connectivity index (χ0) is 16.1. The Bertz CT molecular complexity index is 554. The summed E-state index contributed by atoms with van der Waals surface area (Å²) in [6.07, 6.45) is 5.95. The first kappa shape index (κ1) is 16.4. The fourth-order valence-electron chi connectivity index (χ4n) is 2.84. The van der Waals surface area contributed by atoms with Crippen LogP contribution in [0, 0.1) is 17.0 Å². The minimum absolute atomic E-state index is 0.0314. The first-order valence-corrected chi connectivity index (χ1v) is 7.79. The number of benzene rings is 1. The van der Waals surface area contributed by atoms with Gasteiger partial charge in [-0.1, -0.05) is 19.3 Å². The standard InChI is InChI=1S/C16H23N3O3/c1-11-10-14(19(21)22)8-9-15(11)18-16(20)12(2)17-13-6-4-3-5-7-13/h8-10,12-13,17H,3-7H2,1-2H3,(H,18,20)/t12-/m1/s1. The van der Waals surface area contributed by atoms with Gasteiger partial charge in [-0.2, -0.15) is 0 Å². The lowest BCUT2D eigenvalue weighted by atomic mass is 9.95. The number of nitrogens with one attached hydrogen (secondary N) is 2. The van der Waals surface area contributed by atoms with Crippen LogP contribution in [0.25, 0.3) is 0 Å². The molecule has 1 aromatic carbocycles. The van der Waals surface area contributed by atoms with Crippen LogP contribution in [0.15, 0.2) is 18.2 Å². The van der Waals surface area contributed by atoms with Crippen molar-refractivity contribution in [3.8, 4) is 0 Å². The van der Waals surface area contributed by atoms with E-state index in [1.165, 1.54) is 31.4 Å². The van der Waals surface area contributed by atoms with Gasteiger partial charge in [-0.3, -0.25) is 14.9 Å². The Morgan fingerprint density at radius 3 is 2.59 bits per heavy atom. The van der Waals surface area contributed by atoms with Gasteiger partial charge < -0.3 is 10.6 Å². The zero-order valence-electron chi connectivity index (χ0n) is 13.1. The van der Waals surface area contributed by atoms with Gasteiger partial charge >= 0.3 is 0 Å². The van der Waals surface area contributed by atoms with Crippen LogP contribution in [-0.2, 0) is 4.79 Å². The molecule has 2 N–H and O–H groups in total. The molecule has 120 valence electrons. The number of hydrogen-bond donors (Lipinski definition) is 2. The molecular weight excluding hydrogens is 282 g/mol. The molecule has 0 bridgehead atoms. The van der Waals surface area contributed by atoms with Crippen molar-refractivity contribution in [2.24, 2.45) is 0 Å². The third-order valence-electron chi connectivity index (χ3n) is 4.16. The zero-order valence-corrected chi connectivity index (χ0v) is 13.1. The fraction of sp³-hybridized carbons (Fsp3) is 0.562. The Morgan fingerprint density at radius 2 is 2.00 bits per heavy atom. The Morgan fingerprint density at radius 1 is 1.32 bits per heavy atom. The number of anilines is 1. The summed E-state index contributed by atoms with van der Waals surface area (Å²) in [4.78, 5) is 22.5. The maximum Gasteiger partial charge on any atom is 0.269 e. The molecule has 0 spiro atoms.